The highest BCUT2D eigenvalue weighted by Crippen LogP contribution is 2.38. The van der Waals surface area contributed by atoms with E-state index in [4.69, 9.17) is 9.97 Å². The van der Waals surface area contributed by atoms with Crippen molar-refractivity contribution in [3.63, 3.8) is 0 Å². The summed E-state index contributed by atoms with van der Waals surface area (Å²) in [6.45, 7) is 17.9. The van der Waals surface area contributed by atoms with Crippen molar-refractivity contribution in [2.75, 3.05) is 37.1 Å². The van der Waals surface area contributed by atoms with E-state index >= 15 is 0 Å². The number of carbonyl (C=O) groups excluding carboxylic acids is 2. The predicted molar refractivity (Wildman–Crippen MR) is 217 cm³/mol. The van der Waals surface area contributed by atoms with E-state index in [1.165, 1.54) is 0 Å². The zero-order valence-electron chi connectivity index (χ0n) is 30.1. The number of fused-ring (bicyclic) bond motifs is 8. The van der Waals surface area contributed by atoms with Crippen LogP contribution in [0, 0.1) is 13.8 Å². The topological polar surface area (TPSA) is 116 Å². The monoisotopic (exact) mass is 708 g/mol. The number of hydrogen-bond acceptors (Lipinski definition) is 6. The molecule has 8 nitrogen and oxygen atoms in total. The average molecular weight is 709 g/mol. The third-order valence-corrected chi connectivity index (χ3v) is 10.7. The number of nitrogens with one attached hydrogen (secondary N) is 4. The largest absolute Gasteiger partial charge is 0.355 e. The Morgan fingerprint density at radius 2 is 1.08 bits per heavy atom. The smallest absolute Gasteiger partial charge is 0.220 e. The zero-order valence-corrected chi connectivity index (χ0v) is 31.7. The molecule has 3 aromatic rings. The number of aromatic nitrogens is 4. The van der Waals surface area contributed by atoms with E-state index in [1.807, 2.05) is 30.7 Å². The van der Waals surface area contributed by atoms with Crippen LogP contribution in [0.2, 0.25) is 0 Å². The Bertz CT molecular complexity index is 2070. The second-order valence-electron chi connectivity index (χ2n) is 12.6. The minimum Gasteiger partial charge on any atom is -0.355 e. The first-order chi connectivity index (χ1) is 24.1. The van der Waals surface area contributed by atoms with Crippen LogP contribution >= 0.6 is 23.5 Å². The molecule has 0 fully saturated rings. The third kappa shape index (κ3) is 8.02. The number of amides is 2. The molecule has 0 radical (unpaired) electrons. The number of hydrogen-bond donors (Lipinski definition) is 4. The van der Waals surface area contributed by atoms with Gasteiger partial charge in [0, 0.05) is 70.6 Å². The molecule has 3 aromatic heterocycles. The van der Waals surface area contributed by atoms with Gasteiger partial charge in [0.15, 0.2) is 0 Å². The van der Waals surface area contributed by atoms with Gasteiger partial charge in [0.25, 0.3) is 0 Å². The van der Waals surface area contributed by atoms with E-state index in [0.29, 0.717) is 38.8 Å². The lowest BCUT2D eigenvalue weighted by molar-refractivity contribution is -0.121. The van der Waals surface area contributed by atoms with Crippen LogP contribution < -0.4 is 10.6 Å². The molecule has 0 atom stereocenters. The molecule has 4 N–H and O–H groups in total. The molecule has 10 heteroatoms. The van der Waals surface area contributed by atoms with Crippen LogP contribution in [0.4, 0.5) is 0 Å². The van der Waals surface area contributed by atoms with Crippen LogP contribution in [0.1, 0.15) is 84.6 Å². The fourth-order valence-electron chi connectivity index (χ4n) is 6.54. The Labute approximate surface area is 303 Å². The van der Waals surface area contributed by atoms with Gasteiger partial charge in [0.1, 0.15) is 0 Å². The standard InChI is InChI=1S/C40H48N6O2S2/c1-9-27-23(3)31-19-32-25(5)29(11-13-39(47)41-15-17-49-7)37(45-32)22-38-30(12-14-40(48)42-16-18-50-8)26(6)34(46-38)21-36-28(10-2)24(4)33(44-36)20-35(27)43-31/h9-10,19-22,43-44H,1-2,11-18H2,3-8H3,(H,41,47)(H,42,48). The van der Waals surface area contributed by atoms with Gasteiger partial charge in [-0.25, -0.2) is 9.97 Å². The van der Waals surface area contributed by atoms with Crippen LogP contribution in [-0.4, -0.2) is 68.9 Å². The first-order valence-electron chi connectivity index (χ1n) is 17.0. The van der Waals surface area contributed by atoms with Gasteiger partial charge in [-0.05, 0) is 111 Å². The summed E-state index contributed by atoms with van der Waals surface area (Å²) in [6.07, 6.45) is 9.63. The lowest BCUT2D eigenvalue weighted by Gasteiger charge is -2.08. The number of aryl methyl sites for hydroxylation is 2. The number of rotatable bonds is 14. The minimum absolute atomic E-state index is 0.0235. The van der Waals surface area contributed by atoms with Crippen molar-refractivity contribution in [1.82, 2.24) is 30.6 Å². The molecule has 0 aromatic carbocycles. The van der Waals surface area contributed by atoms with Gasteiger partial charge in [0.05, 0.1) is 22.8 Å². The first-order valence-corrected chi connectivity index (χ1v) is 19.8. The van der Waals surface area contributed by atoms with Crippen molar-refractivity contribution < 1.29 is 9.59 Å². The second-order valence-corrected chi connectivity index (χ2v) is 14.6. The second kappa shape index (κ2) is 16.6. The molecule has 50 heavy (non-hydrogen) atoms. The van der Waals surface area contributed by atoms with E-state index in [1.54, 1.807) is 23.5 Å². The Hall–Kier alpha value is -4.28. The lowest BCUT2D eigenvalue weighted by atomic mass is 9.98. The fourth-order valence-corrected chi connectivity index (χ4v) is 7.15. The molecule has 8 bridgehead atoms. The van der Waals surface area contributed by atoms with Crippen molar-refractivity contribution in [2.45, 2.75) is 53.4 Å². The van der Waals surface area contributed by atoms with Gasteiger partial charge in [-0.1, -0.05) is 25.3 Å². The Kier molecular flexibility index (Phi) is 12.3. The summed E-state index contributed by atoms with van der Waals surface area (Å²) in [5.41, 5.74) is 15.3. The number of H-pyrrole nitrogens is 2. The number of thioether (sulfide) groups is 2. The van der Waals surface area contributed by atoms with Gasteiger partial charge in [0.2, 0.25) is 11.8 Å². The van der Waals surface area contributed by atoms with Crippen LogP contribution in [-0.2, 0) is 9.59 Å². The number of aromatic amines is 2. The van der Waals surface area contributed by atoms with Crippen molar-refractivity contribution >= 4 is 91.8 Å². The molecule has 0 saturated heterocycles. The molecule has 2 aliphatic rings. The zero-order chi connectivity index (χ0) is 35.9. The third-order valence-electron chi connectivity index (χ3n) is 9.50. The number of allylic oxidation sites excluding steroid dienone is 4. The first kappa shape index (κ1) is 37.0. The highest BCUT2D eigenvalue weighted by atomic mass is 32.2. The molecule has 5 heterocycles. The van der Waals surface area contributed by atoms with Gasteiger partial charge < -0.3 is 20.6 Å². The summed E-state index contributed by atoms with van der Waals surface area (Å²) in [6, 6.07) is 8.32. The Morgan fingerprint density at radius 1 is 0.660 bits per heavy atom. The Morgan fingerprint density at radius 3 is 1.52 bits per heavy atom. The van der Waals surface area contributed by atoms with Crippen molar-refractivity contribution in [1.29, 1.82) is 0 Å². The molecular weight excluding hydrogens is 661 g/mol. The normalized spacial score (nSPS) is 12.8. The van der Waals surface area contributed by atoms with Crippen LogP contribution in [0.3, 0.4) is 0 Å². The quantitative estimate of drug-likeness (QED) is 0.125. The predicted octanol–water partition coefficient (Wildman–Crippen LogP) is 8.60. The van der Waals surface area contributed by atoms with E-state index in [0.717, 1.165) is 101 Å². The number of nitrogens with zero attached hydrogens (tertiary/aromatic N) is 2. The highest BCUT2D eigenvalue weighted by Gasteiger charge is 2.23. The van der Waals surface area contributed by atoms with E-state index in [-0.39, 0.29) is 11.8 Å². The highest BCUT2D eigenvalue weighted by molar-refractivity contribution is 7.98. The van der Waals surface area contributed by atoms with Gasteiger partial charge in [-0.15, -0.1) is 0 Å². The molecule has 5 rings (SSSR count). The summed E-state index contributed by atoms with van der Waals surface area (Å²) in [4.78, 5) is 43.3. The lowest BCUT2D eigenvalue weighted by Crippen LogP contribution is -2.25. The maximum absolute atomic E-state index is 12.8. The summed E-state index contributed by atoms with van der Waals surface area (Å²) in [5, 5.41) is 6.07. The van der Waals surface area contributed by atoms with Gasteiger partial charge >= 0.3 is 0 Å². The molecule has 0 saturated carbocycles. The Balaban J connectivity index is 1.74. The van der Waals surface area contributed by atoms with Crippen LogP contribution in [0.25, 0.3) is 56.5 Å². The fraction of sp³-hybridized carbons (Fsp3) is 0.350. The summed E-state index contributed by atoms with van der Waals surface area (Å²) < 4.78 is 0. The molecule has 2 aliphatic heterocycles. The summed E-state index contributed by atoms with van der Waals surface area (Å²) in [7, 11) is 0. The van der Waals surface area contributed by atoms with E-state index in [2.05, 4.69) is 79.7 Å². The number of carbonyl (C=O) groups is 2. The molecule has 0 aliphatic carbocycles. The van der Waals surface area contributed by atoms with Gasteiger partial charge in [-0.3, -0.25) is 9.59 Å². The summed E-state index contributed by atoms with van der Waals surface area (Å²) in [5.74, 6) is 1.80. The van der Waals surface area contributed by atoms with Crippen LogP contribution in [0.15, 0.2) is 37.4 Å². The minimum atomic E-state index is 0.0235. The molecule has 262 valence electrons. The molecule has 0 unspecified atom stereocenters. The van der Waals surface area contributed by atoms with Crippen molar-refractivity contribution in [3.8, 4) is 0 Å². The molecule has 2 amide bonds. The summed E-state index contributed by atoms with van der Waals surface area (Å²) >= 11 is 3.42. The maximum Gasteiger partial charge on any atom is 0.220 e. The molecular formula is C40H48N6O2S2. The van der Waals surface area contributed by atoms with Crippen molar-refractivity contribution in [3.05, 3.63) is 82.5 Å². The van der Waals surface area contributed by atoms with Crippen LogP contribution in [0.5, 0.6) is 0 Å². The molecule has 0 spiro atoms. The van der Waals surface area contributed by atoms with Crippen molar-refractivity contribution in [2.24, 2.45) is 0 Å². The maximum atomic E-state index is 12.8. The average Bonchev–Trinajstić information content (AvgIpc) is 3.75. The van der Waals surface area contributed by atoms with Gasteiger partial charge in [-0.2, -0.15) is 23.5 Å². The van der Waals surface area contributed by atoms with E-state index in [9.17, 15) is 9.59 Å². The van der Waals surface area contributed by atoms with E-state index < -0.39 is 0 Å². The SMILES string of the molecule is C=Cc1c(C)c2cc3[nH]c(cc4nc(cc5nc(cc1[nH]2)C(C)=C5CCC(=O)NCCSC)C(CCC(=O)NCCSC)=C4C)c(C)c3C=C.